The summed E-state index contributed by atoms with van der Waals surface area (Å²) in [4.78, 5) is 43.0. The van der Waals surface area contributed by atoms with Crippen LogP contribution in [0.5, 0.6) is 5.75 Å². The van der Waals surface area contributed by atoms with E-state index in [9.17, 15) is 14.4 Å². The average molecular weight is 568 g/mol. The number of unbranched alkanes of at least 4 members (excludes halogenated alkanes) is 1. The molecule has 0 fully saturated rings. The van der Waals surface area contributed by atoms with Crippen LogP contribution in [0.2, 0.25) is 0 Å². The second-order valence-electron chi connectivity index (χ2n) is 12.2. The molecule has 0 aliphatic heterocycles. The Morgan fingerprint density at radius 1 is 0.829 bits per heavy atom. The Labute approximate surface area is 246 Å². The number of rotatable bonds is 16. The third-order valence-electron chi connectivity index (χ3n) is 6.34. The summed E-state index contributed by atoms with van der Waals surface area (Å²) in [6.07, 6.45) is 2.38. The van der Waals surface area contributed by atoms with Crippen molar-refractivity contribution < 1.29 is 19.1 Å². The summed E-state index contributed by atoms with van der Waals surface area (Å²) in [5.41, 5.74) is 1.60. The lowest BCUT2D eigenvalue weighted by atomic mass is 9.87. The zero-order valence-corrected chi connectivity index (χ0v) is 25.9. The summed E-state index contributed by atoms with van der Waals surface area (Å²) in [7, 11) is 8.02. The predicted octanol–water partition coefficient (Wildman–Crippen LogP) is 3.55. The van der Waals surface area contributed by atoms with Gasteiger partial charge in [-0.2, -0.15) is 0 Å². The van der Waals surface area contributed by atoms with E-state index in [2.05, 4.69) is 20.9 Å². The van der Waals surface area contributed by atoms with Crippen molar-refractivity contribution in [1.29, 1.82) is 0 Å². The Balaban J connectivity index is 1.94. The predicted molar refractivity (Wildman–Crippen MR) is 164 cm³/mol. The summed E-state index contributed by atoms with van der Waals surface area (Å²) in [5, 5.41) is 8.82. The molecular weight excluding hydrogens is 518 g/mol. The van der Waals surface area contributed by atoms with E-state index in [1.807, 2.05) is 59.9 Å². The maximum atomic E-state index is 13.2. The molecule has 0 spiro atoms. The van der Waals surface area contributed by atoms with Crippen molar-refractivity contribution in [2.75, 3.05) is 54.4 Å². The summed E-state index contributed by atoms with van der Waals surface area (Å²) < 4.78 is 5.68. The second-order valence-corrected chi connectivity index (χ2v) is 12.2. The molecular formula is C32H49N5O4. The monoisotopic (exact) mass is 567 g/mol. The molecule has 3 amide bonds. The van der Waals surface area contributed by atoms with Gasteiger partial charge in [0.1, 0.15) is 18.4 Å². The van der Waals surface area contributed by atoms with Gasteiger partial charge in [-0.3, -0.25) is 14.4 Å². The van der Waals surface area contributed by atoms with Gasteiger partial charge in [0.15, 0.2) is 0 Å². The third kappa shape index (κ3) is 13.7. The van der Waals surface area contributed by atoms with Crippen molar-refractivity contribution in [3.63, 3.8) is 0 Å². The van der Waals surface area contributed by atoms with Crippen molar-refractivity contribution >= 4 is 17.7 Å². The summed E-state index contributed by atoms with van der Waals surface area (Å²) in [6.45, 7) is 9.32. The van der Waals surface area contributed by atoms with Gasteiger partial charge in [0, 0.05) is 30.8 Å². The minimum absolute atomic E-state index is 0.150. The van der Waals surface area contributed by atoms with Gasteiger partial charge < -0.3 is 30.5 Å². The zero-order chi connectivity index (χ0) is 30.4. The number of ether oxygens (including phenoxy) is 1. The molecule has 0 aliphatic rings. The molecule has 2 aromatic carbocycles. The van der Waals surface area contributed by atoms with Crippen LogP contribution in [0.3, 0.4) is 0 Å². The van der Waals surface area contributed by atoms with E-state index < -0.39 is 6.04 Å². The minimum Gasteiger partial charge on any atom is -0.492 e. The lowest BCUT2D eigenvalue weighted by molar-refractivity contribution is -0.123. The van der Waals surface area contributed by atoms with E-state index in [-0.39, 0.29) is 29.7 Å². The summed E-state index contributed by atoms with van der Waals surface area (Å²) in [6, 6.07) is 13.5. The first kappa shape index (κ1) is 33.8. The molecule has 2 rings (SSSR count). The number of nitrogens with one attached hydrogen (secondary N) is 3. The van der Waals surface area contributed by atoms with E-state index in [0.29, 0.717) is 36.4 Å². The number of benzene rings is 2. The van der Waals surface area contributed by atoms with Gasteiger partial charge in [0.05, 0.1) is 0 Å². The molecule has 1 atom stereocenters. The highest BCUT2D eigenvalue weighted by molar-refractivity contribution is 5.98. The molecule has 9 heteroatoms. The normalized spacial score (nSPS) is 12.2. The van der Waals surface area contributed by atoms with Gasteiger partial charge in [-0.1, -0.05) is 32.9 Å². The van der Waals surface area contributed by atoms with E-state index >= 15 is 0 Å². The molecule has 0 saturated heterocycles. The van der Waals surface area contributed by atoms with Crippen LogP contribution in [-0.2, 0) is 11.3 Å². The molecule has 0 unspecified atom stereocenters. The van der Waals surface area contributed by atoms with Crippen molar-refractivity contribution in [3.05, 3.63) is 65.2 Å². The van der Waals surface area contributed by atoms with Crippen LogP contribution in [0.4, 0.5) is 0 Å². The van der Waals surface area contributed by atoms with Crippen molar-refractivity contribution in [2.45, 2.75) is 52.6 Å². The van der Waals surface area contributed by atoms with Crippen LogP contribution < -0.4 is 20.7 Å². The fourth-order valence-electron chi connectivity index (χ4n) is 4.11. The van der Waals surface area contributed by atoms with E-state index in [4.69, 9.17) is 4.74 Å². The molecule has 226 valence electrons. The number of carbonyl (C=O) groups excluding carboxylic acids is 3. The molecule has 0 aromatic heterocycles. The minimum atomic E-state index is -0.644. The zero-order valence-electron chi connectivity index (χ0n) is 25.9. The Morgan fingerprint density at radius 2 is 1.51 bits per heavy atom. The number of hydrogen-bond acceptors (Lipinski definition) is 6. The molecule has 0 bridgehead atoms. The van der Waals surface area contributed by atoms with Crippen molar-refractivity contribution in [1.82, 2.24) is 25.8 Å². The topological polar surface area (TPSA) is 103 Å². The molecule has 0 aliphatic carbocycles. The first-order valence-electron chi connectivity index (χ1n) is 14.3. The van der Waals surface area contributed by atoms with Gasteiger partial charge >= 0.3 is 0 Å². The van der Waals surface area contributed by atoms with Gasteiger partial charge in [-0.05, 0) is 101 Å². The highest BCUT2D eigenvalue weighted by Crippen LogP contribution is 2.21. The first-order valence-corrected chi connectivity index (χ1v) is 14.3. The van der Waals surface area contributed by atoms with Crippen LogP contribution in [0, 0.1) is 5.41 Å². The van der Waals surface area contributed by atoms with Gasteiger partial charge in [-0.15, -0.1) is 0 Å². The average Bonchev–Trinajstić information content (AvgIpc) is 2.90. The smallest absolute Gasteiger partial charge is 0.251 e. The summed E-state index contributed by atoms with van der Waals surface area (Å²) in [5.74, 6) is 0.00720. The van der Waals surface area contributed by atoms with E-state index in [0.717, 1.165) is 31.5 Å². The quantitative estimate of drug-likeness (QED) is 0.268. The summed E-state index contributed by atoms with van der Waals surface area (Å²) >= 11 is 0. The molecule has 0 saturated carbocycles. The van der Waals surface area contributed by atoms with E-state index in [1.54, 1.807) is 42.5 Å². The number of amides is 3. The number of carbonyl (C=O) groups is 3. The highest BCUT2D eigenvalue weighted by atomic mass is 16.5. The number of nitrogens with zero attached hydrogens (tertiary/aromatic N) is 2. The Hall–Kier alpha value is -3.43. The van der Waals surface area contributed by atoms with E-state index in [1.165, 1.54) is 0 Å². The van der Waals surface area contributed by atoms with Crippen molar-refractivity contribution in [2.24, 2.45) is 5.41 Å². The van der Waals surface area contributed by atoms with Crippen LogP contribution in [0.1, 0.15) is 66.3 Å². The SMILES string of the molecule is CN(C)CCCCNC(=O)[C@H](CC(C)(C)C)NC(=O)c1cccc(CNC(=O)c2ccc(OCCN(C)C)cc2)c1. The lowest BCUT2D eigenvalue weighted by Crippen LogP contribution is -2.48. The van der Waals surface area contributed by atoms with Crippen LogP contribution in [0.25, 0.3) is 0 Å². The first-order chi connectivity index (χ1) is 19.3. The molecule has 9 nitrogen and oxygen atoms in total. The second kappa shape index (κ2) is 16.7. The molecule has 3 N–H and O–H groups in total. The Kier molecular flexibility index (Phi) is 13.8. The fraction of sp³-hybridized carbons (Fsp3) is 0.531. The van der Waals surface area contributed by atoms with Gasteiger partial charge in [0.25, 0.3) is 11.8 Å². The lowest BCUT2D eigenvalue weighted by Gasteiger charge is -2.26. The van der Waals surface area contributed by atoms with Gasteiger partial charge in [-0.25, -0.2) is 0 Å². The molecule has 41 heavy (non-hydrogen) atoms. The number of likely N-dealkylation sites (N-methyl/N-ethyl adjacent to an activating group) is 1. The van der Waals surface area contributed by atoms with Crippen molar-refractivity contribution in [3.8, 4) is 5.75 Å². The Morgan fingerprint density at radius 3 is 2.15 bits per heavy atom. The maximum Gasteiger partial charge on any atom is 0.251 e. The van der Waals surface area contributed by atoms with Crippen LogP contribution in [0.15, 0.2) is 48.5 Å². The van der Waals surface area contributed by atoms with Gasteiger partial charge in [0.2, 0.25) is 5.91 Å². The molecule has 2 aromatic rings. The molecule has 0 radical (unpaired) electrons. The van der Waals surface area contributed by atoms with Crippen LogP contribution in [-0.4, -0.2) is 88.0 Å². The largest absolute Gasteiger partial charge is 0.492 e. The maximum absolute atomic E-state index is 13.2. The highest BCUT2D eigenvalue weighted by Gasteiger charge is 2.26. The fourth-order valence-corrected chi connectivity index (χ4v) is 4.11. The number of hydrogen-bond donors (Lipinski definition) is 3. The third-order valence-corrected chi connectivity index (χ3v) is 6.34. The Bertz CT molecular complexity index is 1110. The van der Waals surface area contributed by atoms with Crippen LogP contribution >= 0.6 is 0 Å². The standard InChI is InChI=1S/C32H49N5O4/c1-32(2,3)22-28(31(40)33-17-8-9-18-36(4)5)35-30(39)26-12-10-11-24(21-26)23-34-29(38)25-13-15-27(16-14-25)41-20-19-37(6)7/h10-16,21,28H,8-9,17-20,22-23H2,1-7H3,(H,33,40)(H,34,38)(H,35,39)/t28-/m0/s1. The molecule has 0 heterocycles.